The molecule has 2 unspecified atom stereocenters. The predicted octanol–water partition coefficient (Wildman–Crippen LogP) is 2.24. The Hall–Kier alpha value is -1.65. The van der Waals surface area contributed by atoms with Gasteiger partial charge in [-0.25, -0.2) is 0 Å². The number of carbonyl (C=O) groups is 2. The van der Waals surface area contributed by atoms with E-state index in [0.29, 0.717) is 18.6 Å². The summed E-state index contributed by atoms with van der Waals surface area (Å²) in [4.78, 5) is 22.1. The quantitative estimate of drug-likeness (QED) is 0.609. The molecule has 1 heterocycles. The zero-order valence-electron chi connectivity index (χ0n) is 11.1. The highest BCUT2D eigenvalue weighted by Crippen LogP contribution is 2.38. The topological polar surface area (TPSA) is 61.2 Å². The van der Waals surface area contributed by atoms with Crippen LogP contribution < -0.4 is 0 Å². The van der Waals surface area contributed by atoms with Gasteiger partial charge in [0.25, 0.3) is 0 Å². The average molecular weight is 252 g/mol. The highest BCUT2D eigenvalue weighted by Gasteiger charge is 2.39. The number of aldehydes is 1. The summed E-state index contributed by atoms with van der Waals surface area (Å²) in [5.41, 5.74) is 0.398. The number of nitrogens with zero attached hydrogens (tertiary/aromatic N) is 2. The summed E-state index contributed by atoms with van der Waals surface area (Å²) in [6.07, 6.45) is 4.18. The second kappa shape index (κ2) is 6.93. The minimum atomic E-state index is -0.165. The molecule has 1 fully saturated rings. The summed E-state index contributed by atoms with van der Waals surface area (Å²) >= 11 is 0. The number of aromatic nitrogens is 2. The van der Waals surface area contributed by atoms with Crippen LogP contribution in [0.4, 0.5) is 0 Å². The molecule has 0 saturated heterocycles. The van der Waals surface area contributed by atoms with Crippen molar-refractivity contribution in [1.82, 2.24) is 9.78 Å². The maximum Gasteiger partial charge on any atom is 0.311 e. The van der Waals surface area contributed by atoms with Crippen molar-refractivity contribution < 1.29 is 14.3 Å². The molecule has 0 amide bonds. The smallest absolute Gasteiger partial charge is 0.311 e. The fraction of sp³-hybridized carbons (Fsp3) is 0.615. The summed E-state index contributed by atoms with van der Waals surface area (Å²) in [5.74, 6) is -0.277. The van der Waals surface area contributed by atoms with Crippen LogP contribution >= 0.6 is 0 Å². The third-order valence-electron chi connectivity index (χ3n) is 2.92. The van der Waals surface area contributed by atoms with Crippen molar-refractivity contribution >= 4 is 12.3 Å². The zero-order valence-corrected chi connectivity index (χ0v) is 11.1. The van der Waals surface area contributed by atoms with E-state index in [1.54, 1.807) is 23.9 Å². The summed E-state index contributed by atoms with van der Waals surface area (Å²) in [5, 5.41) is 4.08. The van der Waals surface area contributed by atoms with Crippen molar-refractivity contribution in [3.05, 3.63) is 18.0 Å². The van der Waals surface area contributed by atoms with Gasteiger partial charge in [-0.15, -0.1) is 0 Å². The monoisotopic (exact) mass is 252 g/mol. The van der Waals surface area contributed by atoms with E-state index in [0.717, 1.165) is 12.8 Å². The van der Waals surface area contributed by atoms with Crippen LogP contribution in [0.5, 0.6) is 0 Å². The molecule has 0 aliphatic heterocycles. The van der Waals surface area contributed by atoms with E-state index in [4.69, 9.17) is 4.74 Å². The molecule has 1 aromatic heterocycles. The Labute approximate surface area is 107 Å². The third kappa shape index (κ3) is 2.97. The second-order valence-electron chi connectivity index (χ2n) is 3.84. The number of ether oxygens (including phenoxy) is 1. The van der Waals surface area contributed by atoms with E-state index in [1.807, 2.05) is 13.8 Å². The Kier molecular flexibility index (Phi) is 5.55. The van der Waals surface area contributed by atoms with Crippen molar-refractivity contribution in [3.8, 4) is 0 Å². The SMILES string of the molecule is CC.CCOC(=O)C1CCC1n1ccc(C=O)n1. The van der Waals surface area contributed by atoms with Crippen LogP contribution in [0.25, 0.3) is 0 Å². The lowest BCUT2D eigenvalue weighted by atomic mass is 9.79. The Balaban J connectivity index is 0.000000771. The van der Waals surface area contributed by atoms with Crippen LogP contribution in [0.15, 0.2) is 12.3 Å². The predicted molar refractivity (Wildman–Crippen MR) is 67.4 cm³/mol. The van der Waals surface area contributed by atoms with Crippen LogP contribution in [-0.2, 0) is 9.53 Å². The highest BCUT2D eigenvalue weighted by molar-refractivity contribution is 5.74. The molecule has 18 heavy (non-hydrogen) atoms. The van der Waals surface area contributed by atoms with Gasteiger partial charge >= 0.3 is 5.97 Å². The van der Waals surface area contributed by atoms with Crippen LogP contribution in [0.1, 0.15) is 50.1 Å². The van der Waals surface area contributed by atoms with Gasteiger partial charge in [0.2, 0.25) is 0 Å². The summed E-state index contributed by atoms with van der Waals surface area (Å²) in [7, 11) is 0. The number of carbonyl (C=O) groups excluding carboxylic acids is 2. The lowest BCUT2D eigenvalue weighted by molar-refractivity contribution is -0.153. The van der Waals surface area contributed by atoms with Crippen LogP contribution in [-0.4, -0.2) is 28.6 Å². The third-order valence-corrected chi connectivity index (χ3v) is 2.92. The maximum absolute atomic E-state index is 11.6. The molecule has 1 saturated carbocycles. The Bertz CT molecular complexity index is 401. The molecule has 5 heteroatoms. The van der Waals surface area contributed by atoms with Crippen LogP contribution in [0, 0.1) is 5.92 Å². The molecule has 0 bridgehead atoms. The highest BCUT2D eigenvalue weighted by atomic mass is 16.5. The number of hydrogen-bond donors (Lipinski definition) is 0. The van der Waals surface area contributed by atoms with E-state index >= 15 is 0 Å². The van der Waals surface area contributed by atoms with Crippen molar-refractivity contribution in [2.75, 3.05) is 6.61 Å². The van der Waals surface area contributed by atoms with E-state index in [-0.39, 0.29) is 17.9 Å². The number of hydrogen-bond acceptors (Lipinski definition) is 4. The van der Waals surface area contributed by atoms with Gasteiger partial charge in [-0.05, 0) is 25.8 Å². The fourth-order valence-electron chi connectivity index (χ4n) is 1.92. The van der Waals surface area contributed by atoms with Gasteiger partial charge < -0.3 is 4.74 Å². The minimum absolute atomic E-state index is 0.0488. The summed E-state index contributed by atoms with van der Waals surface area (Å²) in [6.45, 7) is 6.20. The van der Waals surface area contributed by atoms with Crippen molar-refractivity contribution in [2.24, 2.45) is 5.92 Å². The van der Waals surface area contributed by atoms with Gasteiger partial charge in [-0.1, -0.05) is 13.8 Å². The molecule has 2 atom stereocenters. The molecule has 2 rings (SSSR count). The van der Waals surface area contributed by atoms with Crippen molar-refractivity contribution in [1.29, 1.82) is 0 Å². The molecule has 0 spiro atoms. The Morgan fingerprint density at radius 1 is 1.56 bits per heavy atom. The lowest BCUT2D eigenvalue weighted by Crippen LogP contribution is -2.36. The van der Waals surface area contributed by atoms with E-state index in [1.165, 1.54) is 0 Å². The van der Waals surface area contributed by atoms with E-state index in [2.05, 4.69) is 5.10 Å². The molecule has 0 aromatic carbocycles. The largest absolute Gasteiger partial charge is 0.466 e. The van der Waals surface area contributed by atoms with Gasteiger partial charge in [0.15, 0.2) is 6.29 Å². The zero-order chi connectivity index (χ0) is 13.5. The molecule has 0 N–H and O–H groups in total. The molecule has 1 aliphatic carbocycles. The van der Waals surface area contributed by atoms with Crippen LogP contribution in [0.3, 0.4) is 0 Å². The Morgan fingerprint density at radius 2 is 2.28 bits per heavy atom. The molecule has 1 aliphatic rings. The van der Waals surface area contributed by atoms with Crippen molar-refractivity contribution in [2.45, 2.75) is 39.7 Å². The van der Waals surface area contributed by atoms with Crippen LogP contribution in [0.2, 0.25) is 0 Å². The maximum atomic E-state index is 11.6. The number of esters is 1. The molecular weight excluding hydrogens is 232 g/mol. The minimum Gasteiger partial charge on any atom is -0.466 e. The van der Waals surface area contributed by atoms with Gasteiger partial charge in [0, 0.05) is 6.20 Å². The first-order valence-corrected chi connectivity index (χ1v) is 6.43. The molecule has 1 aromatic rings. The van der Waals surface area contributed by atoms with Gasteiger partial charge in [0.05, 0.1) is 18.6 Å². The lowest BCUT2D eigenvalue weighted by Gasteiger charge is -2.34. The normalized spacial score (nSPS) is 21.3. The number of rotatable bonds is 4. The molecule has 100 valence electrons. The first-order chi connectivity index (χ1) is 8.76. The first kappa shape index (κ1) is 14.4. The Morgan fingerprint density at radius 3 is 2.72 bits per heavy atom. The molecule has 5 nitrogen and oxygen atoms in total. The van der Waals surface area contributed by atoms with Gasteiger partial charge in [-0.2, -0.15) is 5.10 Å². The van der Waals surface area contributed by atoms with E-state index < -0.39 is 0 Å². The standard InChI is InChI=1S/C11H14N2O3.C2H6/c1-2-16-11(15)9-3-4-10(9)13-6-5-8(7-14)12-13;1-2/h5-7,9-10H,2-4H2,1H3;1-2H3. The van der Waals surface area contributed by atoms with Gasteiger partial charge in [-0.3, -0.25) is 14.3 Å². The average Bonchev–Trinajstić information content (AvgIpc) is 2.79. The fourth-order valence-corrected chi connectivity index (χ4v) is 1.92. The summed E-state index contributed by atoms with van der Waals surface area (Å²) < 4.78 is 6.67. The van der Waals surface area contributed by atoms with Gasteiger partial charge in [0.1, 0.15) is 5.69 Å². The van der Waals surface area contributed by atoms with E-state index in [9.17, 15) is 9.59 Å². The summed E-state index contributed by atoms with van der Waals surface area (Å²) in [6, 6.07) is 1.70. The molecule has 0 radical (unpaired) electrons. The second-order valence-corrected chi connectivity index (χ2v) is 3.84. The molecular formula is C13H20N2O3. The van der Waals surface area contributed by atoms with Crippen molar-refractivity contribution in [3.63, 3.8) is 0 Å². The first-order valence-electron chi connectivity index (χ1n) is 6.43.